The van der Waals surface area contributed by atoms with Crippen LogP contribution in [0, 0.1) is 5.92 Å². The molecule has 2 aromatic rings. The van der Waals surface area contributed by atoms with Gasteiger partial charge in [-0.15, -0.1) is 0 Å². The summed E-state index contributed by atoms with van der Waals surface area (Å²) in [5, 5.41) is 4.40. The van der Waals surface area contributed by atoms with E-state index in [1.807, 2.05) is 16.8 Å². The molecule has 1 fully saturated rings. The summed E-state index contributed by atoms with van der Waals surface area (Å²) >= 11 is 0. The Labute approximate surface area is 113 Å². The zero-order valence-corrected chi connectivity index (χ0v) is 11.4. The molecule has 2 aromatic heterocycles. The fourth-order valence-electron chi connectivity index (χ4n) is 2.82. The maximum atomic E-state index is 5.83. The van der Waals surface area contributed by atoms with Crippen molar-refractivity contribution in [3.8, 4) is 0 Å². The van der Waals surface area contributed by atoms with E-state index in [1.54, 1.807) is 0 Å². The Kier molecular flexibility index (Phi) is 3.38. The molecule has 0 amide bonds. The normalized spacial score (nSPS) is 20.1. The third-order valence-electron chi connectivity index (χ3n) is 3.93. The van der Waals surface area contributed by atoms with Crippen LogP contribution in [0.15, 0.2) is 18.3 Å². The fraction of sp³-hybridized carbons (Fsp3) is 0.571. The molecule has 1 aliphatic rings. The maximum absolute atomic E-state index is 5.83. The number of nitrogens with two attached hydrogens (primary N) is 1. The van der Waals surface area contributed by atoms with E-state index in [-0.39, 0.29) is 0 Å². The van der Waals surface area contributed by atoms with Crippen LogP contribution < -0.4 is 10.6 Å². The average molecular weight is 259 g/mol. The van der Waals surface area contributed by atoms with E-state index in [9.17, 15) is 0 Å². The Morgan fingerprint density at radius 2 is 2.37 bits per heavy atom. The van der Waals surface area contributed by atoms with E-state index in [0.717, 1.165) is 43.2 Å². The lowest BCUT2D eigenvalue weighted by Gasteiger charge is -2.33. The number of aryl methyl sites for hydroxylation is 1. The predicted molar refractivity (Wildman–Crippen MR) is 76.4 cm³/mol. The van der Waals surface area contributed by atoms with Crippen LogP contribution in [-0.2, 0) is 6.42 Å². The molecule has 1 atom stereocenters. The van der Waals surface area contributed by atoms with Gasteiger partial charge in [-0.2, -0.15) is 9.61 Å². The second-order valence-electron chi connectivity index (χ2n) is 5.25. The van der Waals surface area contributed by atoms with E-state index in [1.165, 1.54) is 12.8 Å². The van der Waals surface area contributed by atoms with Crippen molar-refractivity contribution in [2.45, 2.75) is 26.2 Å². The lowest BCUT2D eigenvalue weighted by atomic mass is 9.98. The van der Waals surface area contributed by atoms with Crippen molar-refractivity contribution in [2.75, 3.05) is 24.5 Å². The molecule has 5 nitrogen and oxygen atoms in total. The highest BCUT2D eigenvalue weighted by Crippen LogP contribution is 2.23. The highest BCUT2D eigenvalue weighted by Gasteiger charge is 2.21. The number of piperidine rings is 1. The molecule has 102 valence electrons. The van der Waals surface area contributed by atoms with Gasteiger partial charge in [-0.1, -0.05) is 6.92 Å². The van der Waals surface area contributed by atoms with Crippen molar-refractivity contribution in [2.24, 2.45) is 11.7 Å². The van der Waals surface area contributed by atoms with E-state index in [4.69, 9.17) is 5.73 Å². The van der Waals surface area contributed by atoms with Gasteiger partial charge >= 0.3 is 0 Å². The van der Waals surface area contributed by atoms with Crippen LogP contribution >= 0.6 is 0 Å². The van der Waals surface area contributed by atoms with Crippen molar-refractivity contribution in [3.05, 3.63) is 24.0 Å². The summed E-state index contributed by atoms with van der Waals surface area (Å²) in [5.41, 5.74) is 7.89. The molecule has 1 unspecified atom stereocenters. The lowest BCUT2D eigenvalue weighted by molar-refractivity contribution is 0.420. The van der Waals surface area contributed by atoms with Crippen LogP contribution in [0.5, 0.6) is 0 Å². The van der Waals surface area contributed by atoms with Crippen LogP contribution in [0.2, 0.25) is 0 Å². The minimum absolute atomic E-state index is 0.595. The smallest absolute Gasteiger partial charge is 0.157 e. The van der Waals surface area contributed by atoms with Crippen molar-refractivity contribution >= 4 is 11.5 Å². The summed E-state index contributed by atoms with van der Waals surface area (Å²) in [4.78, 5) is 7.00. The van der Waals surface area contributed by atoms with Gasteiger partial charge in [0.15, 0.2) is 5.65 Å². The molecule has 0 saturated carbocycles. The fourth-order valence-corrected chi connectivity index (χ4v) is 2.82. The first-order chi connectivity index (χ1) is 9.31. The summed E-state index contributed by atoms with van der Waals surface area (Å²) < 4.78 is 1.94. The molecule has 1 aliphatic heterocycles. The molecule has 0 radical (unpaired) electrons. The SMILES string of the molecule is CCc1cc(N2CCCC(CN)C2)n2nccc2n1. The number of anilines is 1. The molecule has 19 heavy (non-hydrogen) atoms. The number of hydrogen-bond acceptors (Lipinski definition) is 4. The minimum Gasteiger partial charge on any atom is -0.356 e. The van der Waals surface area contributed by atoms with Gasteiger partial charge in [0.05, 0.1) is 6.20 Å². The molecule has 0 aromatic carbocycles. The number of aromatic nitrogens is 3. The monoisotopic (exact) mass is 259 g/mol. The third-order valence-corrected chi connectivity index (χ3v) is 3.93. The molecular formula is C14H21N5. The van der Waals surface area contributed by atoms with E-state index < -0.39 is 0 Å². The minimum atomic E-state index is 0.595. The molecule has 0 bridgehead atoms. The first-order valence-electron chi connectivity index (χ1n) is 7.10. The number of rotatable bonds is 3. The van der Waals surface area contributed by atoms with Gasteiger partial charge in [0.25, 0.3) is 0 Å². The summed E-state index contributed by atoms with van der Waals surface area (Å²) in [5.74, 6) is 1.75. The first kappa shape index (κ1) is 12.4. The van der Waals surface area contributed by atoms with E-state index in [2.05, 4.69) is 28.0 Å². The average Bonchev–Trinajstić information content (AvgIpc) is 2.94. The standard InChI is InChI=1S/C14H21N5/c1-2-12-8-14(19-13(17-12)5-6-16-19)18-7-3-4-11(9-15)10-18/h5-6,8,11H,2-4,7,9-10,15H2,1H3. The summed E-state index contributed by atoms with van der Waals surface area (Å²) in [6.45, 7) is 5.01. The van der Waals surface area contributed by atoms with Gasteiger partial charge in [0, 0.05) is 30.9 Å². The van der Waals surface area contributed by atoms with Gasteiger partial charge in [-0.25, -0.2) is 4.98 Å². The summed E-state index contributed by atoms with van der Waals surface area (Å²) in [7, 11) is 0. The summed E-state index contributed by atoms with van der Waals surface area (Å²) in [6.07, 6.45) is 5.20. The third kappa shape index (κ3) is 2.30. The molecule has 0 aliphatic carbocycles. The Morgan fingerprint density at radius 3 is 3.16 bits per heavy atom. The van der Waals surface area contributed by atoms with Crippen LogP contribution in [0.4, 0.5) is 5.82 Å². The summed E-state index contributed by atoms with van der Waals surface area (Å²) in [6, 6.07) is 4.13. The van der Waals surface area contributed by atoms with Gasteiger partial charge in [0.2, 0.25) is 0 Å². The molecule has 5 heteroatoms. The Hall–Kier alpha value is -1.62. The van der Waals surface area contributed by atoms with Crippen LogP contribution in [0.3, 0.4) is 0 Å². The van der Waals surface area contributed by atoms with E-state index >= 15 is 0 Å². The van der Waals surface area contributed by atoms with Gasteiger partial charge in [-0.3, -0.25) is 0 Å². The molecule has 2 N–H and O–H groups in total. The van der Waals surface area contributed by atoms with Gasteiger partial charge in [0.1, 0.15) is 5.82 Å². The molecule has 3 rings (SSSR count). The van der Waals surface area contributed by atoms with E-state index in [0.29, 0.717) is 5.92 Å². The maximum Gasteiger partial charge on any atom is 0.157 e. The van der Waals surface area contributed by atoms with Crippen molar-refractivity contribution < 1.29 is 0 Å². The Balaban J connectivity index is 2.00. The highest BCUT2D eigenvalue weighted by atomic mass is 15.3. The highest BCUT2D eigenvalue weighted by molar-refractivity contribution is 5.51. The number of hydrogen-bond donors (Lipinski definition) is 1. The molecular weight excluding hydrogens is 238 g/mol. The Bertz CT molecular complexity index is 562. The second kappa shape index (κ2) is 5.17. The molecule has 1 saturated heterocycles. The van der Waals surface area contributed by atoms with Crippen LogP contribution in [0.1, 0.15) is 25.5 Å². The number of fused-ring (bicyclic) bond motifs is 1. The predicted octanol–water partition coefficient (Wildman–Crippen LogP) is 1.47. The second-order valence-corrected chi connectivity index (χ2v) is 5.25. The molecule has 0 spiro atoms. The van der Waals surface area contributed by atoms with Crippen LogP contribution in [0.25, 0.3) is 5.65 Å². The Morgan fingerprint density at radius 1 is 1.47 bits per heavy atom. The van der Waals surface area contributed by atoms with Crippen LogP contribution in [-0.4, -0.2) is 34.2 Å². The van der Waals surface area contributed by atoms with Crippen molar-refractivity contribution in [1.82, 2.24) is 14.6 Å². The zero-order valence-electron chi connectivity index (χ0n) is 11.4. The lowest BCUT2D eigenvalue weighted by Crippen LogP contribution is -2.39. The number of nitrogens with zero attached hydrogens (tertiary/aromatic N) is 4. The largest absolute Gasteiger partial charge is 0.356 e. The molecule has 3 heterocycles. The zero-order chi connectivity index (χ0) is 13.2. The van der Waals surface area contributed by atoms with Gasteiger partial charge < -0.3 is 10.6 Å². The quantitative estimate of drug-likeness (QED) is 0.906. The first-order valence-corrected chi connectivity index (χ1v) is 7.10. The van der Waals surface area contributed by atoms with Crippen molar-refractivity contribution in [1.29, 1.82) is 0 Å². The van der Waals surface area contributed by atoms with Crippen molar-refractivity contribution in [3.63, 3.8) is 0 Å². The van der Waals surface area contributed by atoms with Gasteiger partial charge in [-0.05, 0) is 31.7 Å². The topological polar surface area (TPSA) is 59.5 Å².